The molecular weight excluding hydrogens is 272 g/mol. The van der Waals surface area contributed by atoms with E-state index in [0.29, 0.717) is 6.42 Å². The fourth-order valence-electron chi connectivity index (χ4n) is 2.43. The Kier molecular flexibility index (Phi) is 3.96. The summed E-state index contributed by atoms with van der Waals surface area (Å²) >= 11 is 0. The van der Waals surface area contributed by atoms with Crippen molar-refractivity contribution in [2.24, 2.45) is 0 Å². The van der Waals surface area contributed by atoms with Gasteiger partial charge in [-0.05, 0) is 35.1 Å². The molecule has 20 heavy (non-hydrogen) atoms. The molecule has 1 aromatic rings. The van der Waals surface area contributed by atoms with Crippen molar-refractivity contribution >= 4 is 15.4 Å². The fraction of sp³-hybridized carbons (Fsp3) is 0.500. The molecule has 0 bridgehead atoms. The summed E-state index contributed by atoms with van der Waals surface area (Å²) < 4.78 is 28.4. The highest BCUT2D eigenvalue weighted by molar-refractivity contribution is 7.91. The molecule has 0 atom stereocenters. The van der Waals surface area contributed by atoms with E-state index in [2.05, 4.69) is 26.8 Å². The molecule has 0 fully saturated rings. The maximum Gasteiger partial charge on any atom is 0.154 e. The Morgan fingerprint density at radius 1 is 1.20 bits per heavy atom. The van der Waals surface area contributed by atoms with Gasteiger partial charge in [-0.15, -0.1) is 0 Å². The number of hydrogen-bond acceptors (Lipinski definition) is 3. The molecule has 3 nitrogen and oxygen atoms in total. The highest BCUT2D eigenvalue weighted by atomic mass is 32.2. The summed E-state index contributed by atoms with van der Waals surface area (Å²) in [6.07, 6.45) is 2.44. The van der Waals surface area contributed by atoms with Crippen molar-refractivity contribution in [3.63, 3.8) is 0 Å². The predicted molar refractivity (Wildman–Crippen MR) is 82.9 cm³/mol. The van der Waals surface area contributed by atoms with Gasteiger partial charge in [0.2, 0.25) is 0 Å². The molecule has 0 unspecified atom stereocenters. The van der Waals surface area contributed by atoms with E-state index in [9.17, 15) is 8.42 Å². The van der Waals surface area contributed by atoms with Crippen molar-refractivity contribution in [1.29, 1.82) is 0 Å². The van der Waals surface area contributed by atoms with Gasteiger partial charge in [-0.1, -0.05) is 32.9 Å². The van der Waals surface area contributed by atoms with E-state index >= 15 is 0 Å². The molecule has 0 saturated heterocycles. The molecule has 0 N–H and O–H groups in total. The monoisotopic (exact) mass is 294 g/mol. The smallest absolute Gasteiger partial charge is 0.154 e. The maximum absolute atomic E-state index is 11.5. The molecule has 1 aromatic carbocycles. The van der Waals surface area contributed by atoms with Crippen LogP contribution < -0.4 is 4.74 Å². The van der Waals surface area contributed by atoms with Crippen molar-refractivity contribution in [1.82, 2.24) is 0 Å². The normalized spacial score (nSPS) is 18.5. The van der Waals surface area contributed by atoms with E-state index in [-0.39, 0.29) is 16.9 Å². The minimum Gasteiger partial charge on any atom is -0.496 e. The molecule has 2 rings (SSSR count). The van der Waals surface area contributed by atoms with E-state index in [1.165, 1.54) is 0 Å². The third kappa shape index (κ3) is 3.23. The molecule has 0 saturated carbocycles. The van der Waals surface area contributed by atoms with Gasteiger partial charge in [0.05, 0.1) is 18.6 Å². The molecular formula is C16H22O3S. The van der Waals surface area contributed by atoms with Crippen LogP contribution in [0.1, 0.15) is 38.3 Å². The zero-order valence-corrected chi connectivity index (χ0v) is 13.4. The summed E-state index contributed by atoms with van der Waals surface area (Å²) in [5, 5.41) is 0. The summed E-state index contributed by atoms with van der Waals surface area (Å²) in [5.74, 6) is 1.28. The predicted octanol–water partition coefficient (Wildman–Crippen LogP) is 3.19. The third-order valence-corrected chi connectivity index (χ3v) is 5.15. The van der Waals surface area contributed by atoms with Crippen LogP contribution in [0, 0.1) is 0 Å². The second-order valence-corrected chi connectivity index (χ2v) is 8.49. The molecule has 0 aliphatic carbocycles. The highest BCUT2D eigenvalue weighted by Crippen LogP contribution is 2.35. The first kappa shape index (κ1) is 15.1. The average Bonchev–Trinajstić information content (AvgIpc) is 2.37. The minimum atomic E-state index is -2.88. The second kappa shape index (κ2) is 5.24. The third-order valence-electron chi connectivity index (χ3n) is 3.64. The van der Waals surface area contributed by atoms with Gasteiger partial charge in [-0.2, -0.15) is 0 Å². The highest BCUT2D eigenvalue weighted by Gasteiger charge is 2.22. The zero-order valence-electron chi connectivity index (χ0n) is 12.6. The van der Waals surface area contributed by atoms with Crippen LogP contribution in [0.2, 0.25) is 0 Å². The lowest BCUT2D eigenvalue weighted by atomic mass is 9.84. The number of methoxy groups -OCH3 is 1. The van der Waals surface area contributed by atoms with Crippen molar-refractivity contribution in [2.45, 2.75) is 32.6 Å². The summed E-state index contributed by atoms with van der Waals surface area (Å²) in [5.41, 5.74) is 3.35. The summed E-state index contributed by atoms with van der Waals surface area (Å²) in [6, 6.07) is 6.11. The number of ether oxygens (including phenoxy) is 1. The van der Waals surface area contributed by atoms with Crippen LogP contribution >= 0.6 is 0 Å². The van der Waals surface area contributed by atoms with Gasteiger partial charge < -0.3 is 4.74 Å². The number of hydrogen-bond donors (Lipinski definition) is 0. The quantitative estimate of drug-likeness (QED) is 0.841. The first-order valence-corrected chi connectivity index (χ1v) is 8.63. The summed E-state index contributed by atoms with van der Waals surface area (Å²) in [6.45, 7) is 6.44. The van der Waals surface area contributed by atoms with Gasteiger partial charge in [-0.25, -0.2) is 8.42 Å². The van der Waals surface area contributed by atoms with Crippen LogP contribution in [-0.4, -0.2) is 27.0 Å². The van der Waals surface area contributed by atoms with Gasteiger partial charge in [-0.3, -0.25) is 0 Å². The summed E-state index contributed by atoms with van der Waals surface area (Å²) in [4.78, 5) is 0. The molecule has 0 radical (unpaired) electrons. The van der Waals surface area contributed by atoms with Crippen molar-refractivity contribution < 1.29 is 13.2 Å². The Hall–Kier alpha value is -1.29. The molecule has 0 aromatic heterocycles. The van der Waals surface area contributed by atoms with Gasteiger partial charge in [0, 0.05) is 5.56 Å². The number of benzene rings is 1. The van der Waals surface area contributed by atoms with Crippen LogP contribution in [0.15, 0.2) is 24.3 Å². The van der Waals surface area contributed by atoms with Crippen LogP contribution in [0.5, 0.6) is 5.75 Å². The lowest BCUT2D eigenvalue weighted by Crippen LogP contribution is -2.16. The second-order valence-electron chi connectivity index (χ2n) is 6.26. The van der Waals surface area contributed by atoms with Crippen molar-refractivity contribution in [3.05, 3.63) is 35.4 Å². The lowest BCUT2D eigenvalue weighted by Gasteiger charge is -2.24. The van der Waals surface area contributed by atoms with E-state index < -0.39 is 9.84 Å². The molecule has 1 heterocycles. The van der Waals surface area contributed by atoms with Gasteiger partial charge in [0.15, 0.2) is 9.84 Å². The molecule has 1 aliphatic heterocycles. The Bertz CT molecular complexity index is 634. The van der Waals surface area contributed by atoms with Crippen molar-refractivity contribution in [2.75, 3.05) is 18.6 Å². The first-order chi connectivity index (χ1) is 9.23. The molecule has 110 valence electrons. The van der Waals surface area contributed by atoms with Crippen molar-refractivity contribution in [3.8, 4) is 5.75 Å². The molecule has 0 amide bonds. The van der Waals surface area contributed by atoms with Crippen LogP contribution in [-0.2, 0) is 15.3 Å². The van der Waals surface area contributed by atoms with Gasteiger partial charge in [0.25, 0.3) is 0 Å². The minimum absolute atomic E-state index is 0.0113. The topological polar surface area (TPSA) is 43.4 Å². The summed E-state index contributed by atoms with van der Waals surface area (Å²) in [7, 11) is -1.20. The Balaban J connectivity index is 2.42. The van der Waals surface area contributed by atoms with Crippen LogP contribution in [0.25, 0.3) is 5.57 Å². The van der Waals surface area contributed by atoms with Gasteiger partial charge >= 0.3 is 0 Å². The Morgan fingerprint density at radius 2 is 1.90 bits per heavy atom. The van der Waals surface area contributed by atoms with Crippen LogP contribution in [0.4, 0.5) is 0 Å². The zero-order chi connectivity index (χ0) is 15.0. The molecule has 4 heteroatoms. The fourth-order valence-corrected chi connectivity index (χ4v) is 3.59. The average molecular weight is 294 g/mol. The number of rotatable bonds is 2. The van der Waals surface area contributed by atoms with E-state index in [1.807, 2.05) is 18.2 Å². The SMILES string of the molecule is COc1ccc(C2=CCS(=O)(=O)CC2)cc1C(C)(C)C. The van der Waals surface area contributed by atoms with E-state index in [4.69, 9.17) is 4.74 Å². The van der Waals surface area contributed by atoms with Crippen LogP contribution in [0.3, 0.4) is 0 Å². The van der Waals surface area contributed by atoms with E-state index in [1.54, 1.807) is 7.11 Å². The standard InChI is InChI=1S/C16H22O3S/c1-16(2,3)14-11-13(5-6-15(14)19-4)12-7-9-20(17,18)10-8-12/h5-7,11H,8-10H2,1-4H3. The largest absolute Gasteiger partial charge is 0.496 e. The van der Waals surface area contributed by atoms with E-state index in [0.717, 1.165) is 22.4 Å². The number of allylic oxidation sites excluding steroid dienone is 1. The molecule has 1 aliphatic rings. The van der Waals surface area contributed by atoms with Gasteiger partial charge in [0.1, 0.15) is 5.75 Å². The number of sulfone groups is 1. The lowest BCUT2D eigenvalue weighted by molar-refractivity contribution is 0.397. The Morgan fingerprint density at radius 3 is 2.40 bits per heavy atom. The Labute approximate surface area is 121 Å². The maximum atomic E-state index is 11.5. The first-order valence-electron chi connectivity index (χ1n) is 6.81. The molecule has 0 spiro atoms.